The van der Waals surface area contributed by atoms with Gasteiger partial charge in [-0.15, -0.1) is 0 Å². The molecule has 3 rings (SSSR count). The number of imidazole rings is 1. The number of nitriles is 1. The van der Waals surface area contributed by atoms with Gasteiger partial charge in [0.15, 0.2) is 0 Å². The van der Waals surface area contributed by atoms with E-state index in [-0.39, 0.29) is 11.3 Å². The number of rotatable bonds is 3. The Balaban J connectivity index is 2.10. The van der Waals surface area contributed by atoms with Crippen molar-refractivity contribution in [3.63, 3.8) is 0 Å². The van der Waals surface area contributed by atoms with Crippen LogP contribution in [0.4, 0.5) is 5.69 Å². The fraction of sp³-hybridized carbons (Fsp3) is 0. The second kappa shape index (κ2) is 5.91. The number of nitrogens with one attached hydrogen (secondary N) is 1. The Labute approximate surface area is 135 Å². The Morgan fingerprint density at radius 3 is 2.83 bits per heavy atom. The number of benzene rings is 2. The van der Waals surface area contributed by atoms with Gasteiger partial charge in [-0.1, -0.05) is 23.7 Å². The largest absolute Gasteiger partial charge is 0.337 e. The van der Waals surface area contributed by atoms with Crippen LogP contribution in [0.1, 0.15) is 11.4 Å². The van der Waals surface area contributed by atoms with Crippen LogP contribution in [0.15, 0.2) is 42.5 Å². The highest BCUT2D eigenvalue weighted by atomic mass is 35.5. The fourth-order valence-electron chi connectivity index (χ4n) is 2.14. The minimum atomic E-state index is -0.513. The second-order valence-electron chi connectivity index (χ2n) is 4.74. The Hall–Kier alpha value is -3.17. The molecular formula is C16H9ClN4O2. The number of hydrogen-bond acceptors (Lipinski definition) is 4. The molecule has 0 atom stereocenters. The van der Waals surface area contributed by atoms with Crippen molar-refractivity contribution in [2.75, 3.05) is 0 Å². The Bertz CT molecular complexity index is 952. The Morgan fingerprint density at radius 1 is 1.35 bits per heavy atom. The van der Waals surface area contributed by atoms with Gasteiger partial charge in [-0.2, -0.15) is 5.26 Å². The highest BCUT2D eigenvalue weighted by molar-refractivity contribution is 6.32. The predicted octanol–water partition coefficient (Wildman–Crippen LogP) is 4.19. The minimum absolute atomic E-state index is 0.0949. The van der Waals surface area contributed by atoms with Gasteiger partial charge in [0.25, 0.3) is 5.69 Å². The van der Waals surface area contributed by atoms with Crippen molar-refractivity contribution in [2.24, 2.45) is 0 Å². The number of para-hydroxylation sites is 2. The van der Waals surface area contributed by atoms with E-state index in [4.69, 9.17) is 11.6 Å². The van der Waals surface area contributed by atoms with Crippen LogP contribution in [0.2, 0.25) is 5.02 Å². The molecule has 0 aliphatic rings. The monoisotopic (exact) mass is 324 g/mol. The second-order valence-corrected chi connectivity index (χ2v) is 5.14. The number of H-pyrrole nitrogens is 1. The lowest BCUT2D eigenvalue weighted by Gasteiger charge is -2.00. The zero-order valence-electron chi connectivity index (χ0n) is 11.7. The number of non-ortho nitro benzene ring substituents is 1. The van der Waals surface area contributed by atoms with Crippen LogP contribution >= 0.6 is 11.6 Å². The highest BCUT2D eigenvalue weighted by Gasteiger charge is 2.12. The SMILES string of the molecule is N#C/C(=C\c1cc([N+](=O)[O-])ccc1Cl)c1nc2ccccc2[nH]1. The van der Waals surface area contributed by atoms with Crippen molar-refractivity contribution in [1.82, 2.24) is 9.97 Å². The molecule has 6 nitrogen and oxygen atoms in total. The van der Waals surface area contributed by atoms with Crippen molar-refractivity contribution < 1.29 is 4.92 Å². The molecule has 0 aliphatic carbocycles. The first-order chi connectivity index (χ1) is 11.1. The van der Waals surface area contributed by atoms with Crippen LogP contribution in [0, 0.1) is 21.4 Å². The van der Waals surface area contributed by atoms with Crippen molar-refractivity contribution in [3.05, 3.63) is 69.0 Å². The Morgan fingerprint density at radius 2 is 2.13 bits per heavy atom. The van der Waals surface area contributed by atoms with E-state index in [9.17, 15) is 15.4 Å². The molecule has 112 valence electrons. The first-order valence-corrected chi connectivity index (χ1v) is 6.97. The molecule has 1 heterocycles. The average Bonchev–Trinajstić information content (AvgIpc) is 2.97. The molecule has 0 amide bonds. The summed E-state index contributed by atoms with van der Waals surface area (Å²) in [6, 6.07) is 13.5. The third-order valence-electron chi connectivity index (χ3n) is 3.26. The van der Waals surface area contributed by atoms with Gasteiger partial charge in [0.2, 0.25) is 0 Å². The molecular weight excluding hydrogens is 316 g/mol. The number of nitrogens with zero attached hydrogens (tertiary/aromatic N) is 3. The van der Waals surface area contributed by atoms with Crippen molar-refractivity contribution in [2.45, 2.75) is 0 Å². The van der Waals surface area contributed by atoms with Gasteiger partial charge < -0.3 is 4.98 Å². The minimum Gasteiger partial charge on any atom is -0.337 e. The average molecular weight is 325 g/mol. The van der Waals surface area contributed by atoms with Crippen molar-refractivity contribution in [3.8, 4) is 6.07 Å². The molecule has 0 bridgehead atoms. The summed E-state index contributed by atoms with van der Waals surface area (Å²) in [5.41, 5.74) is 2.06. The number of nitro benzene ring substituents is 1. The van der Waals surface area contributed by atoms with Gasteiger partial charge in [0.05, 0.1) is 21.5 Å². The molecule has 0 saturated carbocycles. The predicted molar refractivity (Wildman–Crippen MR) is 87.7 cm³/mol. The summed E-state index contributed by atoms with van der Waals surface area (Å²) in [7, 11) is 0. The number of allylic oxidation sites excluding steroid dienone is 1. The number of aromatic nitrogens is 2. The zero-order chi connectivity index (χ0) is 16.4. The first-order valence-electron chi connectivity index (χ1n) is 6.59. The maximum Gasteiger partial charge on any atom is 0.270 e. The van der Waals surface area contributed by atoms with Gasteiger partial charge in [-0.3, -0.25) is 10.1 Å². The summed E-state index contributed by atoms with van der Waals surface area (Å²) in [6.07, 6.45) is 1.48. The van der Waals surface area contributed by atoms with E-state index in [0.717, 1.165) is 11.0 Å². The number of halogens is 1. The van der Waals surface area contributed by atoms with E-state index in [1.165, 1.54) is 24.3 Å². The molecule has 23 heavy (non-hydrogen) atoms. The molecule has 1 N–H and O–H groups in total. The maximum absolute atomic E-state index is 10.9. The lowest BCUT2D eigenvalue weighted by atomic mass is 10.1. The van der Waals surface area contributed by atoms with E-state index in [1.807, 2.05) is 30.3 Å². The summed E-state index contributed by atoms with van der Waals surface area (Å²) in [6.45, 7) is 0. The standard InChI is InChI=1S/C16H9ClN4O2/c17-13-6-5-12(21(22)23)8-10(13)7-11(9-18)16-19-14-3-1-2-4-15(14)20-16/h1-8H,(H,19,20)/b11-7+. The highest BCUT2D eigenvalue weighted by Crippen LogP contribution is 2.26. The van der Waals surface area contributed by atoms with E-state index in [1.54, 1.807) is 0 Å². The number of aromatic amines is 1. The number of nitro groups is 1. The molecule has 7 heteroatoms. The number of hydrogen-bond donors (Lipinski definition) is 1. The lowest BCUT2D eigenvalue weighted by Crippen LogP contribution is -1.90. The third kappa shape index (κ3) is 2.91. The van der Waals surface area contributed by atoms with E-state index in [0.29, 0.717) is 16.4 Å². The quantitative estimate of drug-likeness (QED) is 0.444. The van der Waals surface area contributed by atoms with Crippen LogP contribution in [0.5, 0.6) is 0 Å². The van der Waals surface area contributed by atoms with E-state index in [2.05, 4.69) is 9.97 Å². The fourth-order valence-corrected chi connectivity index (χ4v) is 2.32. The molecule has 0 fully saturated rings. The summed E-state index contributed by atoms with van der Waals surface area (Å²) in [5.74, 6) is 0.385. The summed E-state index contributed by atoms with van der Waals surface area (Å²) >= 11 is 6.06. The van der Waals surface area contributed by atoms with Gasteiger partial charge >= 0.3 is 0 Å². The van der Waals surface area contributed by atoms with E-state index >= 15 is 0 Å². The molecule has 1 aromatic heterocycles. The van der Waals surface area contributed by atoms with Crippen LogP contribution in [0.3, 0.4) is 0 Å². The third-order valence-corrected chi connectivity index (χ3v) is 3.60. The molecule has 0 unspecified atom stereocenters. The van der Waals surface area contributed by atoms with Crippen LogP contribution in [0.25, 0.3) is 22.7 Å². The zero-order valence-corrected chi connectivity index (χ0v) is 12.4. The summed E-state index contributed by atoms with van der Waals surface area (Å²) in [5, 5.41) is 20.6. The molecule has 0 radical (unpaired) electrons. The molecule has 0 saturated heterocycles. The normalized spacial score (nSPS) is 11.4. The van der Waals surface area contributed by atoms with Crippen molar-refractivity contribution >= 4 is 40.0 Å². The smallest absolute Gasteiger partial charge is 0.270 e. The lowest BCUT2D eigenvalue weighted by molar-refractivity contribution is -0.384. The van der Waals surface area contributed by atoms with Gasteiger partial charge in [0, 0.05) is 22.7 Å². The molecule has 3 aromatic rings. The van der Waals surface area contributed by atoms with Gasteiger partial charge in [0.1, 0.15) is 11.9 Å². The molecule has 0 aliphatic heterocycles. The maximum atomic E-state index is 10.9. The van der Waals surface area contributed by atoms with Gasteiger partial charge in [-0.25, -0.2) is 4.98 Å². The van der Waals surface area contributed by atoms with Gasteiger partial charge in [-0.05, 0) is 24.3 Å². The van der Waals surface area contributed by atoms with Crippen molar-refractivity contribution in [1.29, 1.82) is 5.26 Å². The molecule has 0 spiro atoms. The first kappa shape index (κ1) is 14.8. The van der Waals surface area contributed by atoms with E-state index < -0.39 is 4.92 Å². The van der Waals surface area contributed by atoms with Crippen LogP contribution in [-0.2, 0) is 0 Å². The summed E-state index contributed by atoms with van der Waals surface area (Å²) in [4.78, 5) is 17.7. The van der Waals surface area contributed by atoms with Crippen LogP contribution in [-0.4, -0.2) is 14.9 Å². The number of fused-ring (bicyclic) bond motifs is 1. The Kier molecular flexibility index (Phi) is 3.79. The summed E-state index contributed by atoms with van der Waals surface area (Å²) < 4.78 is 0. The molecule has 2 aromatic carbocycles. The van der Waals surface area contributed by atoms with Crippen LogP contribution < -0.4 is 0 Å². The topological polar surface area (TPSA) is 95.6 Å².